The van der Waals surface area contributed by atoms with Crippen LogP contribution in [-0.2, 0) is 0 Å². The van der Waals surface area contributed by atoms with Crippen LogP contribution >= 0.6 is 0 Å². The molecule has 0 aliphatic carbocycles. The standard InChI is InChI=1S/C21H23N3O3/c1-14-7-8-16(11-15(14)2)20-22-21(27-23-20)17-5-3-9-24(12-17)13-18(25)19-6-4-10-26-19/h4,6-8,10-11,17H,3,5,9,12-13H2,1-2H3. The Kier molecular flexibility index (Phi) is 4.90. The van der Waals surface area contributed by atoms with Crippen LogP contribution in [0.3, 0.4) is 0 Å². The number of likely N-dealkylation sites (tertiary alicyclic amines) is 1. The number of benzene rings is 1. The fourth-order valence-electron chi connectivity index (χ4n) is 3.52. The van der Waals surface area contributed by atoms with Crippen LogP contribution in [0.5, 0.6) is 0 Å². The summed E-state index contributed by atoms with van der Waals surface area (Å²) in [6.45, 7) is 6.14. The molecule has 4 rings (SSSR count). The Labute approximate surface area is 158 Å². The minimum absolute atomic E-state index is 0.00185. The van der Waals surface area contributed by atoms with E-state index in [2.05, 4.69) is 41.0 Å². The fraction of sp³-hybridized carbons (Fsp3) is 0.381. The molecule has 0 amide bonds. The first-order valence-electron chi connectivity index (χ1n) is 9.30. The number of ketones is 1. The van der Waals surface area contributed by atoms with Gasteiger partial charge in [0.05, 0.1) is 18.7 Å². The maximum Gasteiger partial charge on any atom is 0.231 e. The number of carbonyl (C=O) groups excluding carboxylic acids is 1. The van der Waals surface area contributed by atoms with Crippen LogP contribution in [0.15, 0.2) is 45.5 Å². The molecule has 0 saturated carbocycles. The molecule has 6 nitrogen and oxygen atoms in total. The third-order valence-electron chi connectivity index (χ3n) is 5.22. The molecule has 0 radical (unpaired) electrons. The Bertz CT molecular complexity index is 930. The zero-order valence-electron chi connectivity index (χ0n) is 15.6. The number of rotatable bonds is 5. The van der Waals surface area contributed by atoms with E-state index in [0.717, 1.165) is 31.5 Å². The molecule has 0 N–H and O–H groups in total. The predicted molar refractivity (Wildman–Crippen MR) is 101 cm³/mol. The van der Waals surface area contributed by atoms with Crippen molar-refractivity contribution in [3.8, 4) is 11.4 Å². The number of hydrogen-bond donors (Lipinski definition) is 0. The molecule has 1 aliphatic heterocycles. The molecule has 3 heterocycles. The lowest BCUT2D eigenvalue weighted by Gasteiger charge is -2.30. The molecule has 1 fully saturated rings. The molecular formula is C21H23N3O3. The van der Waals surface area contributed by atoms with E-state index < -0.39 is 0 Å². The summed E-state index contributed by atoms with van der Waals surface area (Å²) in [5.74, 6) is 1.83. The summed E-state index contributed by atoms with van der Waals surface area (Å²) in [6.07, 6.45) is 3.51. The van der Waals surface area contributed by atoms with Crippen LogP contribution in [0.1, 0.15) is 46.3 Å². The van der Waals surface area contributed by atoms with Crippen molar-refractivity contribution in [3.05, 3.63) is 59.4 Å². The highest BCUT2D eigenvalue weighted by atomic mass is 16.5. The summed E-state index contributed by atoms with van der Waals surface area (Å²) >= 11 is 0. The molecule has 1 atom stereocenters. The monoisotopic (exact) mass is 365 g/mol. The van der Waals surface area contributed by atoms with Crippen molar-refractivity contribution >= 4 is 5.78 Å². The van der Waals surface area contributed by atoms with Crippen LogP contribution in [0.25, 0.3) is 11.4 Å². The largest absolute Gasteiger partial charge is 0.461 e. The van der Waals surface area contributed by atoms with E-state index in [9.17, 15) is 4.79 Å². The van der Waals surface area contributed by atoms with E-state index in [0.29, 0.717) is 24.0 Å². The first-order valence-corrected chi connectivity index (χ1v) is 9.30. The highest BCUT2D eigenvalue weighted by Crippen LogP contribution is 2.28. The van der Waals surface area contributed by atoms with Gasteiger partial charge in [0.2, 0.25) is 17.5 Å². The average Bonchev–Trinajstić information content (AvgIpc) is 3.36. The smallest absolute Gasteiger partial charge is 0.231 e. The van der Waals surface area contributed by atoms with Gasteiger partial charge in [-0.25, -0.2) is 0 Å². The Morgan fingerprint density at radius 2 is 2.15 bits per heavy atom. The fourth-order valence-corrected chi connectivity index (χ4v) is 3.52. The van der Waals surface area contributed by atoms with Gasteiger partial charge in [0, 0.05) is 12.1 Å². The maximum atomic E-state index is 12.3. The molecule has 27 heavy (non-hydrogen) atoms. The summed E-state index contributed by atoms with van der Waals surface area (Å²) in [4.78, 5) is 19.0. The molecule has 1 unspecified atom stereocenters. The first-order chi connectivity index (χ1) is 13.1. The van der Waals surface area contributed by atoms with Gasteiger partial charge in [-0.1, -0.05) is 17.3 Å². The van der Waals surface area contributed by atoms with E-state index >= 15 is 0 Å². The lowest BCUT2D eigenvalue weighted by atomic mass is 9.97. The van der Waals surface area contributed by atoms with Gasteiger partial charge in [-0.3, -0.25) is 9.69 Å². The molecule has 1 saturated heterocycles. The van der Waals surface area contributed by atoms with Gasteiger partial charge >= 0.3 is 0 Å². The van der Waals surface area contributed by atoms with E-state index in [1.165, 1.54) is 17.4 Å². The molecule has 140 valence electrons. The van der Waals surface area contributed by atoms with Gasteiger partial charge in [0.25, 0.3) is 0 Å². The van der Waals surface area contributed by atoms with Crippen LogP contribution in [-0.4, -0.2) is 40.5 Å². The second-order valence-corrected chi connectivity index (χ2v) is 7.23. The molecule has 0 spiro atoms. The lowest BCUT2D eigenvalue weighted by Crippen LogP contribution is -2.38. The predicted octanol–water partition coefficient (Wildman–Crippen LogP) is 4.01. The summed E-state index contributed by atoms with van der Waals surface area (Å²) < 4.78 is 10.8. The van der Waals surface area contributed by atoms with Crippen molar-refractivity contribution in [3.63, 3.8) is 0 Å². The van der Waals surface area contributed by atoms with Crippen molar-refractivity contribution in [2.75, 3.05) is 19.6 Å². The van der Waals surface area contributed by atoms with Crippen LogP contribution in [0.2, 0.25) is 0 Å². The van der Waals surface area contributed by atoms with Gasteiger partial charge < -0.3 is 8.94 Å². The highest BCUT2D eigenvalue weighted by Gasteiger charge is 2.28. The minimum Gasteiger partial charge on any atom is -0.461 e. The summed E-state index contributed by atoms with van der Waals surface area (Å²) in [5, 5.41) is 4.17. The zero-order valence-corrected chi connectivity index (χ0v) is 15.6. The Morgan fingerprint density at radius 3 is 2.93 bits per heavy atom. The van der Waals surface area contributed by atoms with E-state index in [1.807, 2.05) is 6.07 Å². The maximum absolute atomic E-state index is 12.3. The number of furan rings is 1. The summed E-state index contributed by atoms with van der Waals surface area (Å²) in [7, 11) is 0. The Hall–Kier alpha value is -2.73. The van der Waals surface area contributed by atoms with Gasteiger partial charge in [-0.2, -0.15) is 4.98 Å². The van der Waals surface area contributed by atoms with Crippen molar-refractivity contribution < 1.29 is 13.7 Å². The molecule has 6 heteroatoms. The molecule has 3 aromatic rings. The molecule has 2 aromatic heterocycles. The molecule has 1 aromatic carbocycles. The average molecular weight is 365 g/mol. The van der Waals surface area contributed by atoms with Crippen LogP contribution in [0, 0.1) is 13.8 Å². The minimum atomic E-state index is 0.00185. The van der Waals surface area contributed by atoms with Gasteiger partial charge in [0.15, 0.2) is 5.76 Å². The summed E-state index contributed by atoms with van der Waals surface area (Å²) in [6, 6.07) is 9.62. The van der Waals surface area contributed by atoms with Crippen molar-refractivity contribution in [1.29, 1.82) is 0 Å². The van der Waals surface area contributed by atoms with Crippen LogP contribution in [0.4, 0.5) is 0 Å². The van der Waals surface area contributed by atoms with E-state index in [1.54, 1.807) is 12.1 Å². The highest BCUT2D eigenvalue weighted by molar-refractivity contribution is 5.95. The second kappa shape index (κ2) is 7.48. The SMILES string of the molecule is Cc1ccc(-c2noc(C3CCCN(CC(=O)c4ccco4)C3)n2)cc1C. The number of aryl methyl sites for hydroxylation is 2. The normalized spacial score (nSPS) is 17.9. The van der Waals surface area contributed by atoms with Crippen molar-refractivity contribution in [1.82, 2.24) is 15.0 Å². The Morgan fingerprint density at radius 1 is 1.26 bits per heavy atom. The topological polar surface area (TPSA) is 72.4 Å². The molecular weight excluding hydrogens is 342 g/mol. The summed E-state index contributed by atoms with van der Waals surface area (Å²) in [5.41, 5.74) is 3.42. The molecule has 1 aliphatic rings. The quantitative estimate of drug-likeness (QED) is 0.636. The number of piperidine rings is 1. The first kappa shape index (κ1) is 17.7. The van der Waals surface area contributed by atoms with Gasteiger partial charge in [-0.15, -0.1) is 0 Å². The van der Waals surface area contributed by atoms with E-state index in [-0.39, 0.29) is 11.7 Å². The van der Waals surface area contributed by atoms with Crippen molar-refractivity contribution in [2.24, 2.45) is 0 Å². The van der Waals surface area contributed by atoms with Crippen molar-refractivity contribution in [2.45, 2.75) is 32.6 Å². The lowest BCUT2D eigenvalue weighted by molar-refractivity contribution is 0.0872. The zero-order chi connectivity index (χ0) is 18.8. The van der Waals surface area contributed by atoms with Gasteiger partial charge in [-0.05, 0) is 62.6 Å². The third kappa shape index (κ3) is 3.85. The number of Topliss-reactive ketones (excluding diaryl/α,β-unsaturated/α-hetero) is 1. The van der Waals surface area contributed by atoms with E-state index in [4.69, 9.17) is 8.94 Å². The second-order valence-electron chi connectivity index (χ2n) is 7.23. The number of carbonyl (C=O) groups is 1. The van der Waals surface area contributed by atoms with Gasteiger partial charge in [0.1, 0.15) is 0 Å². The van der Waals surface area contributed by atoms with Crippen LogP contribution < -0.4 is 0 Å². The molecule has 0 bridgehead atoms. The number of aromatic nitrogens is 2. The number of hydrogen-bond acceptors (Lipinski definition) is 6. The third-order valence-corrected chi connectivity index (χ3v) is 5.22. The number of nitrogens with zero attached hydrogens (tertiary/aromatic N) is 3. The Balaban J connectivity index is 1.45.